The van der Waals surface area contributed by atoms with Crippen LogP contribution in [0.15, 0.2) is 42.5 Å². The van der Waals surface area contributed by atoms with Crippen LogP contribution in [0.25, 0.3) is 0 Å². The lowest BCUT2D eigenvalue weighted by atomic mass is 10.2. The van der Waals surface area contributed by atoms with Gasteiger partial charge in [-0.2, -0.15) is 5.26 Å². The highest BCUT2D eigenvalue weighted by Gasteiger charge is 2.07. The standard InChI is InChI=1S/C15H13N3O2/c1-10-13(3-2-4-14(10)19)18-15(20)17-12-7-5-11(9-16)6-8-12/h2-8,19H,1H3,(H2,17,18,20). The summed E-state index contributed by atoms with van der Waals surface area (Å²) < 4.78 is 0. The van der Waals surface area contributed by atoms with E-state index in [1.807, 2.05) is 6.07 Å². The SMILES string of the molecule is Cc1c(O)cccc1NC(=O)Nc1ccc(C#N)cc1. The van der Waals surface area contributed by atoms with E-state index in [-0.39, 0.29) is 5.75 Å². The molecular formula is C15H13N3O2. The van der Waals surface area contributed by atoms with Crippen molar-refractivity contribution in [1.29, 1.82) is 5.26 Å². The molecule has 0 saturated heterocycles. The molecule has 3 N–H and O–H groups in total. The summed E-state index contributed by atoms with van der Waals surface area (Å²) in [6.45, 7) is 1.71. The van der Waals surface area contributed by atoms with Gasteiger partial charge in [-0.3, -0.25) is 0 Å². The number of nitrogens with one attached hydrogen (secondary N) is 2. The molecule has 0 radical (unpaired) electrons. The smallest absolute Gasteiger partial charge is 0.323 e. The fraction of sp³-hybridized carbons (Fsp3) is 0.0667. The minimum atomic E-state index is -0.414. The van der Waals surface area contributed by atoms with E-state index in [4.69, 9.17) is 5.26 Å². The average molecular weight is 267 g/mol. The average Bonchev–Trinajstić information content (AvgIpc) is 2.45. The zero-order valence-electron chi connectivity index (χ0n) is 10.8. The molecule has 5 heteroatoms. The molecule has 2 aromatic rings. The maximum atomic E-state index is 11.8. The number of carbonyl (C=O) groups excluding carboxylic acids is 1. The van der Waals surface area contributed by atoms with Crippen molar-refractivity contribution in [2.24, 2.45) is 0 Å². The maximum absolute atomic E-state index is 11.8. The predicted octanol–water partition coefficient (Wildman–Crippen LogP) is 3.22. The minimum absolute atomic E-state index is 0.126. The van der Waals surface area contributed by atoms with Crippen LogP contribution in [0.3, 0.4) is 0 Å². The lowest BCUT2D eigenvalue weighted by Crippen LogP contribution is -2.19. The second kappa shape index (κ2) is 5.76. The van der Waals surface area contributed by atoms with Gasteiger partial charge in [0, 0.05) is 16.9 Å². The number of urea groups is 1. The summed E-state index contributed by atoms with van der Waals surface area (Å²) in [6, 6.07) is 13.0. The highest BCUT2D eigenvalue weighted by molar-refractivity contribution is 6.00. The number of nitriles is 1. The molecule has 0 atom stereocenters. The Morgan fingerprint density at radius 2 is 1.85 bits per heavy atom. The van der Waals surface area contributed by atoms with Gasteiger partial charge in [0.25, 0.3) is 0 Å². The van der Waals surface area contributed by atoms with Crippen molar-refractivity contribution >= 4 is 17.4 Å². The number of hydrogen-bond donors (Lipinski definition) is 3. The molecule has 20 heavy (non-hydrogen) atoms. The molecule has 0 aliphatic rings. The van der Waals surface area contributed by atoms with Crippen LogP contribution < -0.4 is 10.6 Å². The zero-order chi connectivity index (χ0) is 14.5. The lowest BCUT2D eigenvalue weighted by Gasteiger charge is -2.10. The molecule has 0 unspecified atom stereocenters. The Labute approximate surface area is 116 Å². The summed E-state index contributed by atoms with van der Waals surface area (Å²) in [6.07, 6.45) is 0. The first-order chi connectivity index (χ1) is 9.60. The van der Waals surface area contributed by atoms with Crippen LogP contribution in [-0.4, -0.2) is 11.1 Å². The molecule has 0 fully saturated rings. The highest BCUT2D eigenvalue weighted by Crippen LogP contribution is 2.23. The lowest BCUT2D eigenvalue weighted by molar-refractivity contribution is 0.262. The number of nitrogens with zero attached hydrogens (tertiary/aromatic N) is 1. The van der Waals surface area contributed by atoms with E-state index >= 15 is 0 Å². The summed E-state index contributed by atoms with van der Waals surface area (Å²) in [5, 5.41) is 23.5. The molecule has 0 saturated carbocycles. The van der Waals surface area contributed by atoms with Crippen molar-refractivity contribution in [3.05, 3.63) is 53.6 Å². The number of carbonyl (C=O) groups is 1. The van der Waals surface area contributed by atoms with E-state index in [1.54, 1.807) is 49.4 Å². The fourth-order valence-electron chi connectivity index (χ4n) is 1.67. The van der Waals surface area contributed by atoms with Gasteiger partial charge in [-0.25, -0.2) is 4.79 Å². The number of phenols is 1. The van der Waals surface area contributed by atoms with Gasteiger partial charge < -0.3 is 15.7 Å². The molecule has 0 heterocycles. The second-order valence-corrected chi connectivity index (χ2v) is 4.22. The molecule has 0 aromatic heterocycles. The van der Waals surface area contributed by atoms with Crippen LogP contribution in [0.1, 0.15) is 11.1 Å². The second-order valence-electron chi connectivity index (χ2n) is 4.22. The van der Waals surface area contributed by atoms with Crippen LogP contribution in [0.4, 0.5) is 16.2 Å². The number of hydrogen-bond acceptors (Lipinski definition) is 3. The van der Waals surface area contributed by atoms with Gasteiger partial charge in [0.15, 0.2) is 0 Å². The summed E-state index contributed by atoms with van der Waals surface area (Å²) >= 11 is 0. The van der Waals surface area contributed by atoms with E-state index in [0.29, 0.717) is 22.5 Å². The first-order valence-electron chi connectivity index (χ1n) is 5.97. The zero-order valence-corrected chi connectivity index (χ0v) is 10.8. The molecule has 0 spiro atoms. The number of benzene rings is 2. The van der Waals surface area contributed by atoms with E-state index < -0.39 is 6.03 Å². The summed E-state index contributed by atoms with van der Waals surface area (Å²) in [5.74, 6) is 0.126. The van der Waals surface area contributed by atoms with Crippen LogP contribution >= 0.6 is 0 Å². The monoisotopic (exact) mass is 267 g/mol. The number of aromatic hydroxyl groups is 1. The van der Waals surface area contributed by atoms with Crippen molar-refractivity contribution in [3.63, 3.8) is 0 Å². The van der Waals surface area contributed by atoms with Gasteiger partial charge in [-0.1, -0.05) is 6.07 Å². The quantitative estimate of drug-likeness (QED) is 0.781. The molecule has 0 bridgehead atoms. The summed E-state index contributed by atoms with van der Waals surface area (Å²) in [5.41, 5.74) is 2.25. The predicted molar refractivity (Wildman–Crippen MR) is 76.6 cm³/mol. The Bertz CT molecular complexity index is 673. The number of phenolic OH excluding ortho intramolecular Hbond substituents is 1. The van der Waals surface area contributed by atoms with Gasteiger partial charge in [0.05, 0.1) is 11.6 Å². The van der Waals surface area contributed by atoms with E-state index in [0.717, 1.165) is 0 Å². The third-order valence-corrected chi connectivity index (χ3v) is 2.83. The minimum Gasteiger partial charge on any atom is -0.508 e. The fourth-order valence-corrected chi connectivity index (χ4v) is 1.67. The summed E-state index contributed by atoms with van der Waals surface area (Å²) in [7, 11) is 0. The van der Waals surface area contributed by atoms with Gasteiger partial charge >= 0.3 is 6.03 Å². The molecule has 0 aliphatic carbocycles. The first kappa shape index (κ1) is 13.4. The Morgan fingerprint density at radius 3 is 2.50 bits per heavy atom. The maximum Gasteiger partial charge on any atom is 0.323 e. The Morgan fingerprint density at radius 1 is 1.15 bits per heavy atom. The van der Waals surface area contributed by atoms with Gasteiger partial charge in [-0.05, 0) is 43.3 Å². The van der Waals surface area contributed by atoms with Crippen molar-refractivity contribution in [3.8, 4) is 11.8 Å². The van der Waals surface area contributed by atoms with Crippen molar-refractivity contribution in [1.82, 2.24) is 0 Å². The van der Waals surface area contributed by atoms with Crippen LogP contribution in [0.2, 0.25) is 0 Å². The number of rotatable bonds is 2. The number of anilines is 2. The van der Waals surface area contributed by atoms with Crippen LogP contribution in [0.5, 0.6) is 5.75 Å². The largest absolute Gasteiger partial charge is 0.508 e. The molecule has 100 valence electrons. The normalized spacial score (nSPS) is 9.60. The highest BCUT2D eigenvalue weighted by atomic mass is 16.3. The van der Waals surface area contributed by atoms with Crippen LogP contribution in [-0.2, 0) is 0 Å². The van der Waals surface area contributed by atoms with Crippen molar-refractivity contribution < 1.29 is 9.90 Å². The molecule has 2 amide bonds. The molecule has 2 aromatic carbocycles. The topological polar surface area (TPSA) is 85.2 Å². The van der Waals surface area contributed by atoms with E-state index in [1.165, 1.54) is 0 Å². The molecule has 0 aliphatic heterocycles. The number of amides is 2. The van der Waals surface area contributed by atoms with E-state index in [2.05, 4.69) is 10.6 Å². The Kier molecular flexibility index (Phi) is 3.87. The third kappa shape index (κ3) is 3.06. The first-order valence-corrected chi connectivity index (χ1v) is 5.97. The molecular weight excluding hydrogens is 254 g/mol. The van der Waals surface area contributed by atoms with Crippen molar-refractivity contribution in [2.45, 2.75) is 6.92 Å². The van der Waals surface area contributed by atoms with Crippen LogP contribution in [0, 0.1) is 18.3 Å². The van der Waals surface area contributed by atoms with Gasteiger partial charge in [0.1, 0.15) is 5.75 Å². The van der Waals surface area contributed by atoms with Gasteiger partial charge in [-0.15, -0.1) is 0 Å². The van der Waals surface area contributed by atoms with Gasteiger partial charge in [0.2, 0.25) is 0 Å². The van der Waals surface area contributed by atoms with Crippen molar-refractivity contribution in [2.75, 3.05) is 10.6 Å². The molecule has 5 nitrogen and oxygen atoms in total. The molecule has 2 rings (SSSR count). The Hall–Kier alpha value is -3.00. The summed E-state index contributed by atoms with van der Waals surface area (Å²) in [4.78, 5) is 11.8. The van der Waals surface area contributed by atoms with E-state index in [9.17, 15) is 9.90 Å². The Balaban J connectivity index is 2.05. The third-order valence-electron chi connectivity index (χ3n) is 2.83.